The van der Waals surface area contributed by atoms with Crippen LogP contribution in [0, 0.1) is 6.92 Å². The Labute approximate surface area is 248 Å². The maximum absolute atomic E-state index is 14.1. The number of carbonyl (C=O) groups is 2. The lowest BCUT2D eigenvalue weighted by molar-refractivity contribution is -0.140. The van der Waals surface area contributed by atoms with E-state index < -0.39 is 28.5 Å². The highest BCUT2D eigenvalue weighted by molar-refractivity contribution is 7.92. The zero-order valence-corrected chi connectivity index (χ0v) is 25.7. The largest absolute Gasteiger partial charge is 0.497 e. The fourth-order valence-electron chi connectivity index (χ4n) is 4.34. The Bertz CT molecular complexity index is 1430. The van der Waals surface area contributed by atoms with Crippen LogP contribution in [0.5, 0.6) is 5.75 Å². The van der Waals surface area contributed by atoms with Crippen LogP contribution in [0.2, 0.25) is 5.02 Å². The molecular formula is C31H38ClN3O5S. The molecular weight excluding hydrogens is 562 g/mol. The maximum atomic E-state index is 14.1. The van der Waals surface area contributed by atoms with E-state index in [9.17, 15) is 18.0 Å². The molecule has 3 rings (SSSR count). The average molecular weight is 600 g/mol. The van der Waals surface area contributed by atoms with Crippen LogP contribution in [0.3, 0.4) is 0 Å². The molecule has 220 valence electrons. The van der Waals surface area contributed by atoms with Crippen molar-refractivity contribution in [1.29, 1.82) is 0 Å². The Kier molecular flexibility index (Phi) is 11.2. The van der Waals surface area contributed by atoms with Gasteiger partial charge < -0.3 is 15.0 Å². The smallest absolute Gasteiger partial charge is 0.264 e. The first-order valence-electron chi connectivity index (χ1n) is 13.6. The zero-order chi connectivity index (χ0) is 30.2. The highest BCUT2D eigenvalue weighted by Gasteiger charge is 2.34. The van der Waals surface area contributed by atoms with Gasteiger partial charge in [-0.05, 0) is 86.3 Å². The summed E-state index contributed by atoms with van der Waals surface area (Å²) in [6.45, 7) is 7.28. The summed E-state index contributed by atoms with van der Waals surface area (Å²) in [6, 6.07) is 18.9. The van der Waals surface area contributed by atoms with Crippen LogP contribution in [0.25, 0.3) is 0 Å². The lowest BCUT2D eigenvalue weighted by Gasteiger charge is -2.34. The first-order valence-corrected chi connectivity index (χ1v) is 15.4. The second kappa shape index (κ2) is 14.4. The van der Waals surface area contributed by atoms with Gasteiger partial charge in [0.25, 0.3) is 10.0 Å². The van der Waals surface area contributed by atoms with Gasteiger partial charge in [-0.3, -0.25) is 13.9 Å². The molecule has 0 bridgehead atoms. The number of rotatable bonds is 13. The lowest BCUT2D eigenvalue weighted by Crippen LogP contribution is -2.53. The fraction of sp³-hybridized carbons (Fsp3) is 0.355. The molecule has 0 aliphatic carbocycles. The summed E-state index contributed by atoms with van der Waals surface area (Å²) in [5.41, 5.74) is 2.10. The van der Waals surface area contributed by atoms with Crippen molar-refractivity contribution >= 4 is 39.1 Å². The van der Waals surface area contributed by atoms with E-state index in [4.69, 9.17) is 16.3 Å². The topological polar surface area (TPSA) is 96.0 Å². The molecule has 0 heterocycles. The molecule has 8 nitrogen and oxygen atoms in total. The fourth-order valence-corrected chi connectivity index (χ4v) is 5.88. The van der Waals surface area contributed by atoms with Gasteiger partial charge in [-0.15, -0.1) is 0 Å². The molecule has 3 aromatic carbocycles. The number of sulfonamides is 1. The van der Waals surface area contributed by atoms with E-state index in [-0.39, 0.29) is 29.1 Å². The van der Waals surface area contributed by atoms with E-state index in [0.29, 0.717) is 17.2 Å². The first kappa shape index (κ1) is 32.0. The Morgan fingerprint density at radius 2 is 1.59 bits per heavy atom. The van der Waals surface area contributed by atoms with Gasteiger partial charge in [-0.2, -0.15) is 0 Å². The van der Waals surface area contributed by atoms with Crippen LogP contribution in [0.15, 0.2) is 77.7 Å². The third-order valence-electron chi connectivity index (χ3n) is 7.03. The monoisotopic (exact) mass is 599 g/mol. The second-order valence-corrected chi connectivity index (χ2v) is 12.2. The standard InChI is InChI=1S/C31H38ClN3O5S/c1-6-23(4)33-31(37)29(7-2)34(20-24-11-9-8-10-22(24)3)30(36)21-35(26-14-12-25(32)13-15-26)41(38,39)28-18-16-27(40-5)17-19-28/h8-19,23,29H,6-7,20-21H2,1-5H3,(H,33,37)/t23-,29+/m0/s1. The van der Waals surface area contributed by atoms with Crippen molar-refractivity contribution in [2.24, 2.45) is 0 Å². The quantitative estimate of drug-likeness (QED) is 0.277. The number of anilines is 1. The minimum atomic E-state index is -4.19. The molecule has 0 radical (unpaired) electrons. The second-order valence-electron chi connectivity index (χ2n) is 9.85. The number of methoxy groups -OCH3 is 1. The molecule has 0 aliphatic heterocycles. The molecule has 0 unspecified atom stereocenters. The number of amides is 2. The molecule has 0 aliphatic rings. The van der Waals surface area contributed by atoms with Crippen molar-refractivity contribution in [2.75, 3.05) is 18.0 Å². The SMILES string of the molecule is CC[C@H](C(=O)N[C@@H](C)CC)N(Cc1ccccc1C)C(=O)CN(c1ccc(Cl)cc1)S(=O)(=O)c1ccc(OC)cc1. The Morgan fingerprint density at radius 3 is 2.15 bits per heavy atom. The number of benzene rings is 3. The van der Waals surface area contributed by atoms with Crippen molar-refractivity contribution in [3.8, 4) is 5.75 Å². The third kappa shape index (κ3) is 8.01. The van der Waals surface area contributed by atoms with E-state index in [2.05, 4.69) is 5.32 Å². The van der Waals surface area contributed by atoms with Gasteiger partial charge in [0.1, 0.15) is 18.3 Å². The number of nitrogens with one attached hydrogen (secondary N) is 1. The highest BCUT2D eigenvalue weighted by atomic mass is 35.5. The first-order chi connectivity index (χ1) is 19.5. The zero-order valence-electron chi connectivity index (χ0n) is 24.1. The van der Waals surface area contributed by atoms with Crippen LogP contribution in [-0.4, -0.2) is 50.9 Å². The number of carbonyl (C=O) groups excluding carboxylic acids is 2. The van der Waals surface area contributed by atoms with Crippen LogP contribution in [0.1, 0.15) is 44.7 Å². The van der Waals surface area contributed by atoms with E-state index in [1.165, 1.54) is 24.1 Å². The Balaban J connectivity index is 2.06. The van der Waals surface area contributed by atoms with Gasteiger partial charge in [0.15, 0.2) is 0 Å². The Hall–Kier alpha value is -3.56. The number of halogens is 1. The van der Waals surface area contributed by atoms with Crippen LogP contribution in [-0.2, 0) is 26.2 Å². The van der Waals surface area contributed by atoms with E-state index in [1.807, 2.05) is 52.0 Å². The molecule has 2 atom stereocenters. The normalized spacial score (nSPS) is 12.7. The summed E-state index contributed by atoms with van der Waals surface area (Å²) in [5.74, 6) is -0.285. The molecule has 2 amide bonds. The van der Waals surface area contributed by atoms with Crippen molar-refractivity contribution in [3.05, 3.63) is 88.9 Å². The Morgan fingerprint density at radius 1 is 0.951 bits per heavy atom. The van der Waals surface area contributed by atoms with Crippen molar-refractivity contribution in [1.82, 2.24) is 10.2 Å². The van der Waals surface area contributed by atoms with E-state index in [0.717, 1.165) is 21.9 Å². The van der Waals surface area contributed by atoms with Gasteiger partial charge >= 0.3 is 0 Å². The van der Waals surface area contributed by atoms with Crippen molar-refractivity contribution < 1.29 is 22.7 Å². The van der Waals surface area contributed by atoms with Gasteiger partial charge in [-0.25, -0.2) is 8.42 Å². The average Bonchev–Trinajstić information content (AvgIpc) is 2.97. The van der Waals surface area contributed by atoms with Gasteiger partial charge in [0.05, 0.1) is 17.7 Å². The molecule has 0 aromatic heterocycles. The van der Waals surface area contributed by atoms with Gasteiger partial charge in [-0.1, -0.05) is 49.7 Å². The minimum absolute atomic E-state index is 0.00643. The summed E-state index contributed by atoms with van der Waals surface area (Å²) in [7, 11) is -2.70. The number of hydrogen-bond donors (Lipinski definition) is 1. The number of aryl methyl sites for hydroxylation is 1. The molecule has 0 saturated heterocycles. The summed E-state index contributed by atoms with van der Waals surface area (Å²) >= 11 is 6.09. The molecule has 0 saturated carbocycles. The van der Waals surface area contributed by atoms with E-state index >= 15 is 0 Å². The maximum Gasteiger partial charge on any atom is 0.264 e. The molecule has 0 spiro atoms. The molecule has 41 heavy (non-hydrogen) atoms. The van der Waals surface area contributed by atoms with Crippen LogP contribution in [0.4, 0.5) is 5.69 Å². The predicted octanol–water partition coefficient (Wildman–Crippen LogP) is 5.57. The number of nitrogens with zero attached hydrogens (tertiary/aromatic N) is 2. The van der Waals surface area contributed by atoms with Gasteiger partial charge in [0.2, 0.25) is 11.8 Å². The highest BCUT2D eigenvalue weighted by Crippen LogP contribution is 2.27. The summed E-state index contributed by atoms with van der Waals surface area (Å²) in [5, 5.41) is 3.41. The lowest BCUT2D eigenvalue weighted by atomic mass is 10.1. The van der Waals surface area contributed by atoms with Crippen molar-refractivity contribution in [2.45, 2.75) is 64.1 Å². The number of hydrogen-bond acceptors (Lipinski definition) is 5. The molecule has 3 aromatic rings. The summed E-state index contributed by atoms with van der Waals surface area (Å²) in [6.07, 6.45) is 1.09. The molecule has 0 fully saturated rings. The number of ether oxygens (including phenoxy) is 1. The predicted molar refractivity (Wildman–Crippen MR) is 163 cm³/mol. The molecule has 10 heteroatoms. The third-order valence-corrected chi connectivity index (χ3v) is 9.07. The van der Waals surface area contributed by atoms with Crippen molar-refractivity contribution in [3.63, 3.8) is 0 Å². The van der Waals surface area contributed by atoms with Crippen LogP contribution < -0.4 is 14.4 Å². The summed E-state index contributed by atoms with van der Waals surface area (Å²) in [4.78, 5) is 29.0. The van der Waals surface area contributed by atoms with E-state index in [1.54, 1.807) is 36.4 Å². The van der Waals surface area contributed by atoms with Gasteiger partial charge in [0, 0.05) is 17.6 Å². The van der Waals surface area contributed by atoms with Crippen LogP contribution >= 0.6 is 11.6 Å². The summed E-state index contributed by atoms with van der Waals surface area (Å²) < 4.78 is 34.1. The molecule has 1 N–H and O–H groups in total. The minimum Gasteiger partial charge on any atom is -0.497 e.